The van der Waals surface area contributed by atoms with Gasteiger partial charge in [0.1, 0.15) is 11.7 Å². The van der Waals surface area contributed by atoms with Gasteiger partial charge in [-0.3, -0.25) is 14.4 Å². The topological polar surface area (TPSA) is 110 Å². The molecule has 2 aromatic rings. The van der Waals surface area contributed by atoms with Crippen LogP contribution in [0, 0.1) is 12.3 Å². The second-order valence-corrected chi connectivity index (χ2v) is 10.5. The average molecular weight is 507 g/mol. The molecule has 0 radical (unpaired) electrons. The summed E-state index contributed by atoms with van der Waals surface area (Å²) >= 11 is 0. The Kier molecular flexibility index (Phi) is 7.66. The summed E-state index contributed by atoms with van der Waals surface area (Å²) in [4.78, 5) is 57.6. The van der Waals surface area contributed by atoms with Crippen molar-refractivity contribution in [3.8, 4) is 5.75 Å². The van der Waals surface area contributed by atoms with Gasteiger partial charge in [-0.05, 0) is 43.4 Å². The molecule has 37 heavy (non-hydrogen) atoms. The third-order valence-electron chi connectivity index (χ3n) is 7.67. The molecule has 2 atom stereocenters. The minimum Gasteiger partial charge on any atom is -0.592 e. The maximum absolute atomic E-state index is 14.1. The van der Waals surface area contributed by atoms with Crippen LogP contribution in [0.3, 0.4) is 0 Å². The summed E-state index contributed by atoms with van der Waals surface area (Å²) in [6.45, 7) is 5.69. The van der Waals surface area contributed by atoms with Crippen molar-refractivity contribution in [3.05, 3.63) is 59.7 Å². The molecule has 2 aliphatic rings. The van der Waals surface area contributed by atoms with E-state index in [1.165, 1.54) is 4.90 Å². The standard InChI is InChI=1S/C29H35N3O5/c1-4-22-27(36)32(28(37)31(22)18-20-11-7-5-8-12-20)24(25(34)29(3)15-9-6-10-16-29)26(35)30-21-17-19(2)13-14-23(21)33/h5,7-8,11-14,17,22,24,33H,4,6,9-10,15-16,18H2,1-3H3,(H,30,35)/p+1. The number of ketones is 1. The molecule has 1 aliphatic carbocycles. The number of benzene rings is 2. The third kappa shape index (κ3) is 5.24. The van der Waals surface area contributed by atoms with E-state index in [-0.39, 0.29) is 18.0 Å². The first kappa shape index (κ1) is 26.4. The first-order chi connectivity index (χ1) is 17.7. The van der Waals surface area contributed by atoms with E-state index in [0.717, 1.165) is 35.3 Å². The molecule has 196 valence electrons. The van der Waals surface area contributed by atoms with Crippen molar-refractivity contribution in [2.75, 3.05) is 5.32 Å². The van der Waals surface area contributed by atoms with Gasteiger partial charge in [-0.25, -0.2) is 9.69 Å². The number of aryl methyl sites for hydroxylation is 1. The molecule has 0 aromatic heterocycles. The third-order valence-corrected chi connectivity index (χ3v) is 7.67. The van der Waals surface area contributed by atoms with Crippen LogP contribution in [0.25, 0.3) is 0 Å². The zero-order valence-electron chi connectivity index (χ0n) is 21.8. The van der Waals surface area contributed by atoms with E-state index in [0.29, 0.717) is 19.3 Å². The molecule has 0 bridgehead atoms. The van der Waals surface area contributed by atoms with Gasteiger partial charge in [-0.15, -0.1) is 0 Å². The molecule has 8 nitrogen and oxygen atoms in total. The molecule has 3 N–H and O–H groups in total. The molecular formula is C29H36N3O5+. The second kappa shape index (κ2) is 10.7. The van der Waals surface area contributed by atoms with Crippen LogP contribution in [0.15, 0.2) is 48.5 Å². The number of rotatable bonds is 8. The van der Waals surface area contributed by atoms with E-state index in [1.807, 2.05) is 51.1 Å². The lowest BCUT2D eigenvalue weighted by atomic mass is 9.70. The summed E-state index contributed by atoms with van der Waals surface area (Å²) in [7, 11) is 0. The largest absolute Gasteiger partial charge is 0.592 e. The number of anilines is 1. The molecule has 1 saturated carbocycles. The fourth-order valence-corrected chi connectivity index (χ4v) is 5.48. The van der Waals surface area contributed by atoms with Gasteiger partial charge in [0, 0.05) is 18.0 Å². The van der Waals surface area contributed by atoms with Gasteiger partial charge >= 0.3 is 6.03 Å². The number of nitrogens with zero attached hydrogens (tertiary/aromatic N) is 2. The first-order valence-corrected chi connectivity index (χ1v) is 13.0. The molecule has 4 amide bonds. The highest BCUT2D eigenvalue weighted by Crippen LogP contribution is 2.39. The molecular weight excluding hydrogens is 470 g/mol. The van der Waals surface area contributed by atoms with Crippen LogP contribution in [0.1, 0.15) is 63.5 Å². The highest BCUT2D eigenvalue weighted by molar-refractivity contribution is 6.19. The molecule has 2 unspecified atom stereocenters. The van der Waals surface area contributed by atoms with E-state index in [1.54, 1.807) is 18.2 Å². The molecule has 8 heteroatoms. The number of hydrogen-bond acceptors (Lipinski definition) is 4. The highest BCUT2D eigenvalue weighted by Gasteiger charge is 2.54. The number of amides is 4. The fourth-order valence-electron chi connectivity index (χ4n) is 5.48. The van der Waals surface area contributed by atoms with Gasteiger partial charge in [0.05, 0.1) is 0 Å². The summed E-state index contributed by atoms with van der Waals surface area (Å²) in [6, 6.07) is 11.3. The minimum absolute atomic E-state index is 0.0882. The second-order valence-electron chi connectivity index (χ2n) is 10.5. The zero-order valence-corrected chi connectivity index (χ0v) is 21.8. The van der Waals surface area contributed by atoms with E-state index < -0.39 is 41.1 Å². The average Bonchev–Trinajstić information content (AvgIpc) is 3.11. The SMILES string of the molecule is CCC1C(=O)N(C(C(=O)Nc2cc(C)ccc2[OH2+])C(=O)C2(C)CCCCC2)C(=O)N1Cc1ccccc1. The molecule has 0 spiro atoms. The summed E-state index contributed by atoms with van der Waals surface area (Å²) in [6.07, 6.45) is 4.28. The Bertz CT molecular complexity index is 1190. The maximum Gasteiger partial charge on any atom is 0.328 e. The normalized spacial score (nSPS) is 20.1. The Morgan fingerprint density at radius 2 is 1.76 bits per heavy atom. The Balaban J connectivity index is 1.72. The molecule has 1 heterocycles. The van der Waals surface area contributed by atoms with Crippen molar-refractivity contribution in [3.63, 3.8) is 0 Å². The highest BCUT2D eigenvalue weighted by atomic mass is 16.3. The summed E-state index contributed by atoms with van der Waals surface area (Å²) < 4.78 is 0. The van der Waals surface area contributed by atoms with Gasteiger partial charge in [0.15, 0.2) is 11.8 Å². The van der Waals surface area contributed by atoms with Crippen molar-refractivity contribution in [2.45, 2.75) is 77.9 Å². The van der Waals surface area contributed by atoms with Crippen molar-refractivity contribution in [2.24, 2.45) is 5.41 Å². The molecule has 1 aliphatic heterocycles. The summed E-state index contributed by atoms with van der Waals surface area (Å²) in [5, 5.41) is 10.9. The first-order valence-electron chi connectivity index (χ1n) is 13.0. The smallest absolute Gasteiger partial charge is 0.328 e. The number of hydrogen-bond donors (Lipinski definition) is 1. The predicted octanol–water partition coefficient (Wildman–Crippen LogP) is 4.52. The van der Waals surface area contributed by atoms with E-state index >= 15 is 0 Å². The quantitative estimate of drug-likeness (QED) is 0.322. The van der Waals surface area contributed by atoms with E-state index in [4.69, 9.17) is 5.11 Å². The molecule has 4 rings (SSSR count). The van der Waals surface area contributed by atoms with Crippen LogP contribution < -0.4 is 5.32 Å². The van der Waals surface area contributed by atoms with Crippen molar-refractivity contribution < 1.29 is 24.3 Å². The lowest BCUT2D eigenvalue weighted by Gasteiger charge is -2.36. The van der Waals surface area contributed by atoms with Crippen LogP contribution in [-0.4, -0.2) is 50.6 Å². The number of urea groups is 1. The lowest BCUT2D eigenvalue weighted by molar-refractivity contribution is -0.145. The van der Waals surface area contributed by atoms with Gasteiger partial charge in [-0.2, -0.15) is 0 Å². The van der Waals surface area contributed by atoms with Gasteiger partial charge in [-0.1, -0.05) is 69.5 Å². The van der Waals surface area contributed by atoms with Crippen LogP contribution >= 0.6 is 0 Å². The van der Waals surface area contributed by atoms with Crippen LogP contribution in [0.4, 0.5) is 10.5 Å². The van der Waals surface area contributed by atoms with Crippen LogP contribution in [0.5, 0.6) is 5.75 Å². The maximum atomic E-state index is 14.1. The van der Waals surface area contributed by atoms with E-state index in [2.05, 4.69) is 5.32 Å². The molecule has 1 saturated heterocycles. The van der Waals surface area contributed by atoms with Crippen LogP contribution in [-0.2, 0) is 20.9 Å². The van der Waals surface area contributed by atoms with E-state index in [9.17, 15) is 19.2 Å². The minimum atomic E-state index is -1.60. The van der Waals surface area contributed by atoms with Crippen molar-refractivity contribution in [1.82, 2.24) is 9.80 Å². The zero-order chi connectivity index (χ0) is 26.7. The molecule has 2 aromatic carbocycles. The summed E-state index contributed by atoms with van der Waals surface area (Å²) in [5.41, 5.74) is 1.12. The van der Waals surface area contributed by atoms with Gasteiger partial charge < -0.3 is 15.3 Å². The fraction of sp³-hybridized carbons (Fsp3) is 0.448. The Hall–Kier alpha value is -3.68. The molecule has 2 fully saturated rings. The van der Waals surface area contributed by atoms with Gasteiger partial charge in [0.2, 0.25) is 0 Å². The van der Waals surface area contributed by atoms with Gasteiger partial charge in [0.25, 0.3) is 17.6 Å². The summed E-state index contributed by atoms with van der Waals surface area (Å²) in [5.74, 6) is -1.62. The Labute approximate surface area is 217 Å². The lowest BCUT2D eigenvalue weighted by Crippen LogP contribution is -2.56. The Morgan fingerprint density at radius 1 is 1.08 bits per heavy atom. The number of carbonyl (C=O) groups is 4. The van der Waals surface area contributed by atoms with Crippen LogP contribution in [0.2, 0.25) is 0 Å². The number of Topliss-reactive ketones (excluding diaryl/α,β-unsaturated/α-hetero) is 1. The monoisotopic (exact) mass is 506 g/mol. The number of nitrogens with one attached hydrogen (secondary N) is 1. The van der Waals surface area contributed by atoms with Crippen molar-refractivity contribution in [1.29, 1.82) is 0 Å². The number of carbonyl (C=O) groups excluding carboxylic acids is 4. The number of imide groups is 1. The van der Waals surface area contributed by atoms with Crippen molar-refractivity contribution >= 4 is 29.3 Å². The Morgan fingerprint density at radius 3 is 2.41 bits per heavy atom. The predicted molar refractivity (Wildman–Crippen MR) is 141 cm³/mol.